The summed E-state index contributed by atoms with van der Waals surface area (Å²) < 4.78 is 15.6. The summed E-state index contributed by atoms with van der Waals surface area (Å²) in [7, 11) is -0.400. The van der Waals surface area contributed by atoms with Crippen molar-refractivity contribution >= 4 is 65.6 Å². The van der Waals surface area contributed by atoms with E-state index in [0.29, 0.717) is 0 Å². The van der Waals surface area contributed by atoms with Gasteiger partial charge in [0.2, 0.25) is 0 Å². The molecule has 7 rings (SSSR count). The standard InChI is InChI=1S/C32H27BO2S/c1-31(2)32(3,4)35-33(34-31)26-14-9-11-20-16-17-22(18-25(20)26)29-23-12-6-5-10-21(23)19-28-30(29)24-13-7-8-15-27(24)36-28/h5-19H,1-4H3. The molecule has 1 aliphatic heterocycles. The summed E-state index contributed by atoms with van der Waals surface area (Å²) in [6, 6.07) is 33.1. The summed E-state index contributed by atoms with van der Waals surface area (Å²) in [6.07, 6.45) is 0. The van der Waals surface area contributed by atoms with Crippen LogP contribution in [0.25, 0.3) is 52.8 Å². The molecule has 0 radical (unpaired) electrons. The summed E-state index contributed by atoms with van der Waals surface area (Å²) in [4.78, 5) is 0. The molecule has 4 heteroatoms. The second kappa shape index (κ2) is 7.66. The summed E-state index contributed by atoms with van der Waals surface area (Å²) in [5.74, 6) is 0. The minimum absolute atomic E-state index is 0.380. The van der Waals surface area contributed by atoms with Gasteiger partial charge in [-0.1, -0.05) is 72.8 Å². The van der Waals surface area contributed by atoms with E-state index in [2.05, 4.69) is 119 Å². The molecule has 2 nitrogen and oxygen atoms in total. The van der Waals surface area contributed by atoms with Gasteiger partial charge in [0, 0.05) is 20.2 Å². The molecule has 0 atom stereocenters. The summed E-state index contributed by atoms with van der Waals surface area (Å²) in [5.41, 5.74) is 2.84. The number of hydrogen-bond donors (Lipinski definition) is 0. The van der Waals surface area contributed by atoms with Crippen LogP contribution in [0.2, 0.25) is 0 Å². The van der Waals surface area contributed by atoms with Gasteiger partial charge in [-0.2, -0.15) is 0 Å². The molecule has 0 spiro atoms. The molecule has 1 aliphatic rings. The predicted octanol–water partition coefficient (Wildman–Crippen LogP) is 8.33. The molecule has 1 saturated heterocycles. The molecule has 0 bridgehead atoms. The van der Waals surface area contributed by atoms with E-state index < -0.39 is 7.12 Å². The van der Waals surface area contributed by atoms with Gasteiger partial charge < -0.3 is 9.31 Å². The number of thiophene rings is 1. The van der Waals surface area contributed by atoms with Gasteiger partial charge in [-0.05, 0) is 84.0 Å². The SMILES string of the molecule is CC1(C)OB(c2cccc3ccc(-c4c5ccccc5cc5sc6ccccc6c45)cc23)OC1(C)C. The lowest BCUT2D eigenvalue weighted by molar-refractivity contribution is 0.00578. The van der Waals surface area contributed by atoms with Crippen LogP contribution in [0.4, 0.5) is 0 Å². The molecule has 0 amide bonds. The fraction of sp³-hybridized carbons (Fsp3) is 0.188. The quantitative estimate of drug-likeness (QED) is 0.229. The average Bonchev–Trinajstić information content (AvgIpc) is 3.34. The zero-order valence-electron chi connectivity index (χ0n) is 21.0. The first-order valence-corrected chi connectivity index (χ1v) is 13.4. The van der Waals surface area contributed by atoms with E-state index in [1.54, 1.807) is 0 Å². The van der Waals surface area contributed by atoms with E-state index in [4.69, 9.17) is 9.31 Å². The first-order valence-electron chi connectivity index (χ1n) is 12.5. The van der Waals surface area contributed by atoms with Crippen LogP contribution in [-0.2, 0) is 9.31 Å². The highest BCUT2D eigenvalue weighted by Gasteiger charge is 2.52. The van der Waals surface area contributed by atoms with E-state index in [-0.39, 0.29) is 11.2 Å². The van der Waals surface area contributed by atoms with Gasteiger partial charge in [0.15, 0.2) is 0 Å². The highest BCUT2D eigenvalue weighted by Crippen LogP contribution is 2.44. The molecule has 2 heterocycles. The molecule has 5 aromatic carbocycles. The van der Waals surface area contributed by atoms with Gasteiger partial charge in [-0.3, -0.25) is 0 Å². The molecule has 1 fully saturated rings. The van der Waals surface area contributed by atoms with Crippen LogP contribution >= 0.6 is 11.3 Å². The van der Waals surface area contributed by atoms with E-state index in [9.17, 15) is 0 Å². The number of rotatable bonds is 2. The van der Waals surface area contributed by atoms with Crippen LogP contribution in [-0.4, -0.2) is 18.3 Å². The van der Waals surface area contributed by atoms with E-state index >= 15 is 0 Å². The van der Waals surface area contributed by atoms with Gasteiger partial charge in [-0.15, -0.1) is 11.3 Å². The lowest BCUT2D eigenvalue weighted by Gasteiger charge is -2.32. The normalized spacial score (nSPS) is 17.1. The number of hydrogen-bond acceptors (Lipinski definition) is 3. The number of benzene rings is 5. The second-order valence-electron chi connectivity index (χ2n) is 10.8. The maximum Gasteiger partial charge on any atom is 0.495 e. The fourth-order valence-corrected chi connectivity index (χ4v) is 6.64. The van der Waals surface area contributed by atoms with Crippen LogP contribution in [0.1, 0.15) is 27.7 Å². The topological polar surface area (TPSA) is 18.5 Å². The minimum atomic E-state index is -0.400. The largest absolute Gasteiger partial charge is 0.495 e. The monoisotopic (exact) mass is 486 g/mol. The van der Waals surface area contributed by atoms with Crippen LogP contribution in [0, 0.1) is 0 Å². The Kier molecular flexibility index (Phi) is 4.69. The third kappa shape index (κ3) is 3.18. The van der Waals surface area contributed by atoms with Crippen molar-refractivity contribution < 1.29 is 9.31 Å². The Morgan fingerprint density at radius 2 is 1.31 bits per heavy atom. The van der Waals surface area contributed by atoms with Crippen molar-refractivity contribution in [3.8, 4) is 11.1 Å². The molecular formula is C32H27BO2S. The highest BCUT2D eigenvalue weighted by atomic mass is 32.1. The van der Waals surface area contributed by atoms with Crippen molar-refractivity contribution in [3.63, 3.8) is 0 Å². The van der Waals surface area contributed by atoms with E-state index in [0.717, 1.165) is 5.46 Å². The van der Waals surface area contributed by atoms with Gasteiger partial charge in [0.05, 0.1) is 11.2 Å². The summed E-state index contributed by atoms with van der Waals surface area (Å²) >= 11 is 1.87. The first-order chi connectivity index (χ1) is 17.3. The summed E-state index contributed by atoms with van der Waals surface area (Å²) in [6.45, 7) is 8.44. The van der Waals surface area contributed by atoms with Crippen LogP contribution in [0.15, 0.2) is 91.0 Å². The maximum atomic E-state index is 6.47. The lowest BCUT2D eigenvalue weighted by atomic mass is 9.75. The highest BCUT2D eigenvalue weighted by molar-refractivity contribution is 7.26. The molecule has 6 aromatic rings. The van der Waals surface area contributed by atoms with Gasteiger partial charge in [0.25, 0.3) is 0 Å². The molecule has 0 unspecified atom stereocenters. The molecular weight excluding hydrogens is 459 g/mol. The van der Waals surface area contributed by atoms with Gasteiger partial charge in [-0.25, -0.2) is 0 Å². The summed E-state index contributed by atoms with van der Waals surface area (Å²) in [5, 5.41) is 7.57. The minimum Gasteiger partial charge on any atom is -0.399 e. The van der Waals surface area contributed by atoms with Crippen molar-refractivity contribution in [2.45, 2.75) is 38.9 Å². The zero-order chi connectivity index (χ0) is 24.7. The Morgan fingerprint density at radius 3 is 2.11 bits per heavy atom. The molecule has 1 aromatic heterocycles. The average molecular weight is 486 g/mol. The third-order valence-corrected chi connectivity index (χ3v) is 9.22. The Bertz CT molecular complexity index is 1800. The molecule has 0 N–H and O–H groups in total. The van der Waals surface area contributed by atoms with Crippen molar-refractivity contribution in [1.29, 1.82) is 0 Å². The molecule has 176 valence electrons. The van der Waals surface area contributed by atoms with Crippen molar-refractivity contribution in [1.82, 2.24) is 0 Å². The Morgan fingerprint density at radius 1 is 0.611 bits per heavy atom. The molecule has 0 saturated carbocycles. The second-order valence-corrected chi connectivity index (χ2v) is 11.9. The molecule has 36 heavy (non-hydrogen) atoms. The third-order valence-electron chi connectivity index (χ3n) is 8.10. The number of fused-ring (bicyclic) bond motifs is 5. The maximum absolute atomic E-state index is 6.47. The Hall–Kier alpha value is -3.18. The lowest BCUT2D eigenvalue weighted by Crippen LogP contribution is -2.41. The zero-order valence-corrected chi connectivity index (χ0v) is 21.8. The Labute approximate surface area is 215 Å². The fourth-order valence-electron chi connectivity index (χ4n) is 5.48. The van der Waals surface area contributed by atoms with Crippen molar-refractivity contribution in [2.75, 3.05) is 0 Å². The molecule has 0 aliphatic carbocycles. The smallest absolute Gasteiger partial charge is 0.399 e. The van der Waals surface area contributed by atoms with Crippen LogP contribution in [0.3, 0.4) is 0 Å². The van der Waals surface area contributed by atoms with Gasteiger partial charge >= 0.3 is 7.12 Å². The predicted molar refractivity (Wildman–Crippen MR) is 155 cm³/mol. The first kappa shape index (κ1) is 22.1. The Balaban J connectivity index is 1.52. The van der Waals surface area contributed by atoms with Crippen molar-refractivity contribution in [3.05, 3.63) is 91.0 Å². The van der Waals surface area contributed by atoms with Gasteiger partial charge in [0.1, 0.15) is 0 Å². The van der Waals surface area contributed by atoms with E-state index in [1.807, 2.05) is 11.3 Å². The van der Waals surface area contributed by atoms with Crippen LogP contribution in [0.5, 0.6) is 0 Å². The van der Waals surface area contributed by atoms with E-state index in [1.165, 1.54) is 52.8 Å². The van der Waals surface area contributed by atoms with Crippen LogP contribution < -0.4 is 5.46 Å². The van der Waals surface area contributed by atoms with Crippen molar-refractivity contribution in [2.24, 2.45) is 0 Å².